The highest BCUT2D eigenvalue weighted by Gasteiger charge is 2.26. The van der Waals surface area contributed by atoms with Crippen molar-refractivity contribution in [1.82, 2.24) is 0 Å². The van der Waals surface area contributed by atoms with Crippen LogP contribution in [0.2, 0.25) is 0 Å². The minimum Gasteiger partial charge on any atom is -0.493 e. The van der Waals surface area contributed by atoms with Gasteiger partial charge in [-0.05, 0) is 19.1 Å². The van der Waals surface area contributed by atoms with Crippen molar-refractivity contribution < 1.29 is 24.5 Å². The molecule has 0 aliphatic carbocycles. The van der Waals surface area contributed by atoms with Crippen LogP contribution < -0.4 is 9.47 Å². The van der Waals surface area contributed by atoms with Crippen molar-refractivity contribution in [3.05, 3.63) is 22.2 Å². The lowest BCUT2D eigenvalue weighted by molar-refractivity contribution is -0.147. The first-order valence-electron chi connectivity index (χ1n) is 4.93. The fourth-order valence-electron chi connectivity index (χ4n) is 1.39. The summed E-state index contributed by atoms with van der Waals surface area (Å²) < 4.78 is 10.9. The van der Waals surface area contributed by atoms with Crippen molar-refractivity contribution in [2.45, 2.75) is 13.0 Å². The molecule has 0 bridgehead atoms. The highest BCUT2D eigenvalue weighted by Crippen LogP contribution is 2.40. The van der Waals surface area contributed by atoms with Crippen molar-refractivity contribution in [1.29, 1.82) is 0 Å². The van der Waals surface area contributed by atoms with E-state index in [1.807, 2.05) is 0 Å². The Morgan fingerprint density at radius 1 is 1.53 bits per heavy atom. The van der Waals surface area contributed by atoms with Crippen LogP contribution >= 0.6 is 15.9 Å². The third kappa shape index (κ3) is 2.89. The molecule has 0 amide bonds. The van der Waals surface area contributed by atoms with Gasteiger partial charge in [-0.25, -0.2) is 4.79 Å². The van der Waals surface area contributed by atoms with E-state index in [1.165, 1.54) is 7.11 Å². The van der Waals surface area contributed by atoms with Gasteiger partial charge >= 0.3 is 5.97 Å². The molecule has 0 aromatic heterocycles. The predicted molar refractivity (Wildman–Crippen MR) is 64.5 cm³/mol. The average molecular weight is 305 g/mol. The number of carboxylic acids is 1. The maximum absolute atomic E-state index is 10.8. The molecule has 0 aliphatic rings. The van der Waals surface area contributed by atoms with Crippen LogP contribution in [0.5, 0.6) is 11.5 Å². The van der Waals surface area contributed by atoms with Gasteiger partial charge in [0.25, 0.3) is 0 Å². The summed E-state index contributed by atoms with van der Waals surface area (Å²) in [7, 11) is 1.45. The molecule has 0 aliphatic heterocycles. The van der Waals surface area contributed by atoms with E-state index in [0.29, 0.717) is 16.8 Å². The summed E-state index contributed by atoms with van der Waals surface area (Å²) in [5.41, 5.74) is 0.152. The van der Waals surface area contributed by atoms with Gasteiger partial charge < -0.3 is 19.7 Å². The summed E-state index contributed by atoms with van der Waals surface area (Å²) in [6, 6.07) is 3.23. The molecule has 1 aromatic rings. The first kappa shape index (κ1) is 13.8. The molecule has 1 atom stereocenters. The first-order valence-corrected chi connectivity index (χ1v) is 5.72. The Kier molecular flexibility index (Phi) is 4.77. The standard InChI is InChI=1S/C11H13BrO5/c1-3-17-10-7(16-2)5-4-6(12)8(10)9(13)11(14)15/h4-5,9,13H,3H2,1-2H3,(H,14,15). The minimum absolute atomic E-state index is 0.152. The molecule has 1 rings (SSSR count). The molecular weight excluding hydrogens is 292 g/mol. The molecule has 1 unspecified atom stereocenters. The van der Waals surface area contributed by atoms with Crippen molar-refractivity contribution in [2.24, 2.45) is 0 Å². The minimum atomic E-state index is -1.67. The van der Waals surface area contributed by atoms with Gasteiger partial charge in [0.1, 0.15) is 0 Å². The van der Waals surface area contributed by atoms with E-state index in [-0.39, 0.29) is 11.3 Å². The Hall–Kier alpha value is -1.27. The Balaban J connectivity index is 3.37. The first-order chi connectivity index (χ1) is 8.02. The quantitative estimate of drug-likeness (QED) is 0.870. The Bertz CT molecular complexity index is 419. The smallest absolute Gasteiger partial charge is 0.337 e. The molecule has 2 N–H and O–H groups in total. The van der Waals surface area contributed by atoms with Crippen LogP contribution in [0.3, 0.4) is 0 Å². The van der Waals surface area contributed by atoms with E-state index >= 15 is 0 Å². The van der Waals surface area contributed by atoms with Gasteiger partial charge in [0.15, 0.2) is 17.6 Å². The lowest BCUT2D eigenvalue weighted by Crippen LogP contribution is -2.13. The number of carboxylic acid groups (broad SMARTS) is 1. The highest BCUT2D eigenvalue weighted by molar-refractivity contribution is 9.10. The number of benzene rings is 1. The molecule has 5 nitrogen and oxygen atoms in total. The van der Waals surface area contributed by atoms with E-state index in [9.17, 15) is 9.90 Å². The Morgan fingerprint density at radius 2 is 2.18 bits per heavy atom. The lowest BCUT2D eigenvalue weighted by Gasteiger charge is -2.17. The molecule has 0 saturated heterocycles. The highest BCUT2D eigenvalue weighted by atomic mass is 79.9. The zero-order chi connectivity index (χ0) is 13.0. The Labute approximate surface area is 107 Å². The summed E-state index contributed by atoms with van der Waals surface area (Å²) in [6.45, 7) is 2.10. The van der Waals surface area contributed by atoms with Crippen molar-refractivity contribution in [3.63, 3.8) is 0 Å². The maximum atomic E-state index is 10.8. The molecule has 0 fully saturated rings. The van der Waals surface area contributed by atoms with Gasteiger partial charge in [-0.1, -0.05) is 15.9 Å². The second-order valence-electron chi connectivity index (χ2n) is 3.17. The molecule has 1 aromatic carbocycles. The summed E-state index contributed by atoms with van der Waals surface area (Å²) >= 11 is 3.19. The molecule has 0 saturated carbocycles. The van der Waals surface area contributed by atoms with Crippen LogP contribution in [-0.2, 0) is 4.79 Å². The molecular formula is C11H13BrO5. The van der Waals surface area contributed by atoms with Crippen molar-refractivity contribution in [2.75, 3.05) is 13.7 Å². The van der Waals surface area contributed by atoms with Crippen LogP contribution in [0.4, 0.5) is 0 Å². The summed E-state index contributed by atoms with van der Waals surface area (Å²) in [5.74, 6) is -0.732. The number of carbonyl (C=O) groups is 1. The Morgan fingerprint density at radius 3 is 2.65 bits per heavy atom. The van der Waals surface area contributed by atoms with Gasteiger partial charge in [-0.3, -0.25) is 0 Å². The van der Waals surface area contributed by atoms with Gasteiger partial charge in [-0.15, -0.1) is 0 Å². The molecule has 0 radical (unpaired) electrons. The topological polar surface area (TPSA) is 76.0 Å². The van der Waals surface area contributed by atoms with Crippen molar-refractivity contribution in [3.8, 4) is 11.5 Å². The number of aliphatic hydroxyl groups is 1. The van der Waals surface area contributed by atoms with Crippen LogP contribution in [0.1, 0.15) is 18.6 Å². The van der Waals surface area contributed by atoms with Crippen LogP contribution in [0.25, 0.3) is 0 Å². The summed E-state index contributed by atoms with van der Waals surface area (Å²) in [4.78, 5) is 10.8. The second-order valence-corrected chi connectivity index (χ2v) is 4.02. The third-order valence-electron chi connectivity index (χ3n) is 2.12. The van der Waals surface area contributed by atoms with Crippen LogP contribution in [0.15, 0.2) is 16.6 Å². The third-order valence-corrected chi connectivity index (χ3v) is 2.81. The lowest BCUT2D eigenvalue weighted by atomic mass is 10.1. The van der Waals surface area contributed by atoms with Gasteiger partial charge in [0.05, 0.1) is 19.3 Å². The van der Waals surface area contributed by atoms with Gasteiger partial charge in [0.2, 0.25) is 0 Å². The molecule has 6 heteroatoms. The zero-order valence-electron chi connectivity index (χ0n) is 9.44. The number of aliphatic hydroxyl groups excluding tert-OH is 1. The summed E-state index contributed by atoms with van der Waals surface area (Å²) in [5, 5.41) is 18.5. The van der Waals surface area contributed by atoms with Crippen LogP contribution in [-0.4, -0.2) is 29.9 Å². The van der Waals surface area contributed by atoms with E-state index in [1.54, 1.807) is 19.1 Å². The molecule has 0 heterocycles. The van der Waals surface area contributed by atoms with E-state index in [0.717, 1.165) is 0 Å². The van der Waals surface area contributed by atoms with Gasteiger partial charge in [-0.2, -0.15) is 0 Å². The number of aliphatic carboxylic acids is 1. The van der Waals surface area contributed by atoms with E-state index in [2.05, 4.69) is 15.9 Å². The number of rotatable bonds is 5. The maximum Gasteiger partial charge on any atom is 0.337 e. The largest absolute Gasteiger partial charge is 0.493 e. The number of ether oxygens (including phenoxy) is 2. The number of halogens is 1. The van der Waals surface area contributed by atoms with Crippen LogP contribution in [0, 0.1) is 0 Å². The normalized spacial score (nSPS) is 12.0. The fraction of sp³-hybridized carbons (Fsp3) is 0.364. The van der Waals surface area contributed by atoms with Gasteiger partial charge in [0, 0.05) is 4.47 Å². The number of hydrogen-bond donors (Lipinski definition) is 2. The number of hydrogen-bond acceptors (Lipinski definition) is 4. The number of methoxy groups -OCH3 is 1. The molecule has 94 valence electrons. The monoisotopic (exact) mass is 304 g/mol. The fourth-order valence-corrected chi connectivity index (χ4v) is 1.92. The zero-order valence-corrected chi connectivity index (χ0v) is 11.0. The summed E-state index contributed by atoms with van der Waals surface area (Å²) in [6.07, 6.45) is -1.67. The SMILES string of the molecule is CCOc1c(OC)ccc(Br)c1C(O)C(=O)O. The predicted octanol–water partition coefficient (Wildman–Crippen LogP) is 1.97. The molecule has 0 spiro atoms. The van der Waals surface area contributed by atoms with E-state index in [4.69, 9.17) is 14.6 Å². The van der Waals surface area contributed by atoms with E-state index < -0.39 is 12.1 Å². The van der Waals surface area contributed by atoms with Crippen molar-refractivity contribution >= 4 is 21.9 Å². The second kappa shape index (κ2) is 5.88. The average Bonchev–Trinajstić information content (AvgIpc) is 2.29. The molecule has 17 heavy (non-hydrogen) atoms.